The number of esters is 1. The van der Waals surface area contributed by atoms with Crippen LogP contribution in [0.5, 0.6) is 11.5 Å². The number of benzene rings is 1. The molecule has 1 fully saturated rings. The number of thioether (sulfide) groups is 1. The van der Waals surface area contributed by atoms with Crippen molar-refractivity contribution in [2.24, 2.45) is 4.99 Å². The number of methoxy groups -OCH3 is 2. The summed E-state index contributed by atoms with van der Waals surface area (Å²) in [6, 6.07) is 4.94. The van der Waals surface area contributed by atoms with Crippen LogP contribution in [0, 0.1) is 0 Å². The smallest absolute Gasteiger partial charge is 0.338 e. The number of fused-ring (bicyclic) bond motifs is 1. The Bertz CT molecular complexity index is 1080. The van der Waals surface area contributed by atoms with E-state index in [4.69, 9.17) is 23.9 Å². The monoisotopic (exact) mass is 515 g/mol. The highest BCUT2D eigenvalue weighted by Gasteiger charge is 2.41. The molecule has 3 aliphatic heterocycles. The number of allylic oxidation sites excluding steroid dienone is 1. The Hall–Kier alpha value is -2.98. The maximum atomic E-state index is 13.3. The van der Waals surface area contributed by atoms with Crippen LogP contribution in [0.15, 0.2) is 45.6 Å². The molecule has 1 aromatic rings. The largest absolute Gasteiger partial charge is 0.497 e. The molecule has 1 aromatic carbocycles. The summed E-state index contributed by atoms with van der Waals surface area (Å²) in [6.07, 6.45) is 1.88. The van der Waals surface area contributed by atoms with Crippen molar-refractivity contribution >= 4 is 28.8 Å². The number of nitrogens with zero attached hydrogens (tertiary/aromatic N) is 2. The van der Waals surface area contributed by atoms with E-state index in [0.717, 1.165) is 30.7 Å². The molecule has 1 saturated heterocycles. The molecule has 0 spiro atoms. The first-order valence-corrected chi connectivity index (χ1v) is 12.9. The third-order valence-corrected chi connectivity index (χ3v) is 7.03. The summed E-state index contributed by atoms with van der Waals surface area (Å²) >= 11 is 1.43. The molecular weight excluding hydrogens is 482 g/mol. The Morgan fingerprint density at radius 3 is 2.56 bits per heavy atom. The number of amidine groups is 1. The fourth-order valence-electron chi connectivity index (χ4n) is 4.47. The zero-order valence-electron chi connectivity index (χ0n) is 21.3. The molecule has 10 heteroatoms. The van der Waals surface area contributed by atoms with E-state index in [1.807, 2.05) is 36.3 Å². The second-order valence-electron chi connectivity index (χ2n) is 9.11. The van der Waals surface area contributed by atoms with Crippen molar-refractivity contribution < 1.29 is 28.5 Å². The van der Waals surface area contributed by atoms with Gasteiger partial charge in [-0.3, -0.25) is 4.79 Å². The first kappa shape index (κ1) is 26.1. The summed E-state index contributed by atoms with van der Waals surface area (Å²) < 4.78 is 22.2. The van der Waals surface area contributed by atoms with Gasteiger partial charge in [0.1, 0.15) is 11.5 Å². The zero-order chi connectivity index (χ0) is 25.8. The number of hydrogen-bond donors (Lipinski definition) is 1. The summed E-state index contributed by atoms with van der Waals surface area (Å²) in [5, 5.41) is 5.59. The summed E-state index contributed by atoms with van der Waals surface area (Å²) in [6.45, 7) is 6.65. The first-order chi connectivity index (χ1) is 17.3. The molecule has 36 heavy (non-hydrogen) atoms. The van der Waals surface area contributed by atoms with Gasteiger partial charge in [-0.1, -0.05) is 11.8 Å². The van der Waals surface area contributed by atoms with E-state index >= 15 is 0 Å². The minimum absolute atomic E-state index is 0.0629. The molecule has 0 bridgehead atoms. The summed E-state index contributed by atoms with van der Waals surface area (Å²) in [7, 11) is 3.16. The maximum Gasteiger partial charge on any atom is 0.338 e. The van der Waals surface area contributed by atoms with Crippen LogP contribution in [-0.2, 0) is 19.1 Å². The first-order valence-electron chi connectivity index (χ1n) is 12.1. The number of ether oxygens (including phenoxy) is 4. The van der Waals surface area contributed by atoms with Crippen molar-refractivity contribution in [1.82, 2.24) is 10.2 Å². The van der Waals surface area contributed by atoms with Crippen molar-refractivity contribution in [3.63, 3.8) is 0 Å². The Morgan fingerprint density at radius 1 is 1.22 bits per heavy atom. The van der Waals surface area contributed by atoms with Gasteiger partial charge in [0.05, 0.1) is 50.2 Å². The van der Waals surface area contributed by atoms with Crippen molar-refractivity contribution in [3.05, 3.63) is 46.1 Å². The Morgan fingerprint density at radius 2 is 1.94 bits per heavy atom. The fourth-order valence-corrected chi connectivity index (χ4v) is 5.44. The molecule has 0 saturated carbocycles. The highest BCUT2D eigenvalue weighted by Crippen LogP contribution is 2.46. The van der Waals surface area contributed by atoms with Gasteiger partial charge in [0.2, 0.25) is 5.91 Å². The molecule has 0 aliphatic carbocycles. The van der Waals surface area contributed by atoms with Crippen molar-refractivity contribution in [2.75, 3.05) is 27.4 Å². The Labute approximate surface area is 215 Å². The molecule has 0 unspecified atom stereocenters. The minimum Gasteiger partial charge on any atom is -0.497 e. The van der Waals surface area contributed by atoms with E-state index < -0.39 is 12.0 Å². The van der Waals surface area contributed by atoms with Crippen LogP contribution >= 0.6 is 11.8 Å². The van der Waals surface area contributed by atoms with Crippen LogP contribution in [0.3, 0.4) is 0 Å². The van der Waals surface area contributed by atoms with E-state index in [2.05, 4.69) is 5.32 Å². The van der Waals surface area contributed by atoms with Gasteiger partial charge in [0, 0.05) is 24.9 Å². The summed E-state index contributed by atoms with van der Waals surface area (Å²) in [5.41, 5.74) is 2.50. The van der Waals surface area contributed by atoms with E-state index in [1.54, 1.807) is 27.2 Å². The summed E-state index contributed by atoms with van der Waals surface area (Å²) in [4.78, 5) is 32.8. The van der Waals surface area contributed by atoms with Gasteiger partial charge < -0.3 is 29.2 Å². The standard InChI is InChI=1S/C26H33N3O6S/c1-15(2)35-25(31)23-16(3)28-26-29(24(23)17-9-20(32-4)12-21(10-17)33-5)18(14-36-26)11-22(30)27-13-19-7-6-8-34-19/h9-10,12,14-15,19,24H,6-8,11,13H2,1-5H3,(H,27,30)/t19-,24-/m1/s1. The topological polar surface area (TPSA) is 98.7 Å². The van der Waals surface area contributed by atoms with E-state index in [1.165, 1.54) is 11.8 Å². The van der Waals surface area contributed by atoms with E-state index in [9.17, 15) is 9.59 Å². The van der Waals surface area contributed by atoms with Crippen LogP contribution in [0.2, 0.25) is 0 Å². The minimum atomic E-state index is -0.569. The lowest BCUT2D eigenvalue weighted by atomic mass is 9.93. The second kappa shape index (κ2) is 11.4. The highest BCUT2D eigenvalue weighted by atomic mass is 32.2. The number of rotatable bonds is 9. The van der Waals surface area contributed by atoms with Crippen LogP contribution in [0.1, 0.15) is 51.6 Å². The predicted molar refractivity (Wildman–Crippen MR) is 138 cm³/mol. The molecule has 2 atom stereocenters. The van der Waals surface area contributed by atoms with Crippen molar-refractivity contribution in [1.29, 1.82) is 0 Å². The predicted octanol–water partition coefficient (Wildman–Crippen LogP) is 3.92. The lowest BCUT2D eigenvalue weighted by molar-refractivity contribution is -0.143. The lowest BCUT2D eigenvalue weighted by Crippen LogP contribution is -2.39. The number of aliphatic imine (C=N–C) groups is 1. The average Bonchev–Trinajstić information content (AvgIpc) is 3.51. The summed E-state index contributed by atoms with van der Waals surface area (Å²) in [5.74, 6) is 0.623. The van der Waals surface area contributed by atoms with Gasteiger partial charge in [-0.25, -0.2) is 9.79 Å². The van der Waals surface area contributed by atoms with Crippen molar-refractivity contribution in [2.45, 2.75) is 58.3 Å². The molecular formula is C26H33N3O6S. The van der Waals surface area contributed by atoms with E-state index in [0.29, 0.717) is 34.5 Å². The molecule has 3 aliphatic rings. The highest BCUT2D eigenvalue weighted by molar-refractivity contribution is 8.16. The lowest BCUT2D eigenvalue weighted by Gasteiger charge is -2.36. The molecule has 9 nitrogen and oxygen atoms in total. The molecule has 4 rings (SSSR count). The second-order valence-corrected chi connectivity index (χ2v) is 9.95. The normalized spacial score (nSPS) is 21.2. The molecule has 194 valence electrons. The van der Waals surface area contributed by atoms with Gasteiger partial charge in [-0.05, 0) is 56.7 Å². The molecule has 3 heterocycles. The number of carbonyl (C=O) groups excluding carboxylic acids is 2. The molecule has 0 aromatic heterocycles. The maximum absolute atomic E-state index is 13.3. The van der Waals surface area contributed by atoms with Gasteiger partial charge in [-0.15, -0.1) is 0 Å². The quantitative estimate of drug-likeness (QED) is 0.494. The van der Waals surface area contributed by atoms with Gasteiger partial charge >= 0.3 is 5.97 Å². The third kappa shape index (κ3) is 5.70. The molecule has 1 N–H and O–H groups in total. The third-order valence-electron chi connectivity index (χ3n) is 6.15. The van der Waals surface area contributed by atoms with Crippen LogP contribution in [0.4, 0.5) is 0 Å². The fraction of sp³-hybridized carbons (Fsp3) is 0.500. The number of carbonyl (C=O) groups is 2. The zero-order valence-corrected chi connectivity index (χ0v) is 22.1. The molecule has 0 radical (unpaired) electrons. The molecule has 1 amide bonds. The number of amides is 1. The average molecular weight is 516 g/mol. The van der Waals surface area contributed by atoms with Gasteiger partial charge in [-0.2, -0.15) is 0 Å². The van der Waals surface area contributed by atoms with Gasteiger partial charge in [0.15, 0.2) is 5.17 Å². The Kier molecular flexibility index (Phi) is 8.25. The van der Waals surface area contributed by atoms with Crippen LogP contribution in [-0.4, -0.2) is 61.5 Å². The van der Waals surface area contributed by atoms with Crippen LogP contribution in [0.25, 0.3) is 0 Å². The number of nitrogens with one attached hydrogen (secondary N) is 1. The number of hydrogen-bond acceptors (Lipinski definition) is 9. The van der Waals surface area contributed by atoms with E-state index in [-0.39, 0.29) is 24.5 Å². The van der Waals surface area contributed by atoms with Crippen LogP contribution < -0.4 is 14.8 Å². The SMILES string of the molecule is COc1cc(OC)cc([C@@H]2C(C(=O)OC(C)C)=C(C)N=C3SC=C(CC(=O)NC[C@H]4CCCO4)N32)c1. The van der Waals surface area contributed by atoms with Crippen molar-refractivity contribution in [3.8, 4) is 11.5 Å². The van der Waals surface area contributed by atoms with Gasteiger partial charge in [0.25, 0.3) is 0 Å². The Balaban J connectivity index is 1.68.